The summed E-state index contributed by atoms with van der Waals surface area (Å²) in [6.07, 6.45) is 0. The van der Waals surface area contributed by atoms with E-state index in [9.17, 15) is 4.57 Å². The second-order valence-corrected chi connectivity index (χ2v) is 4.56. The van der Waals surface area contributed by atoms with Crippen LogP contribution in [-0.4, -0.2) is 16.4 Å². The van der Waals surface area contributed by atoms with Crippen LogP contribution >= 0.6 is 7.82 Å². The minimum atomic E-state index is -4.26. The van der Waals surface area contributed by atoms with Gasteiger partial charge in [-0.3, -0.25) is 4.52 Å². The Labute approximate surface area is 60.5 Å². The van der Waals surface area contributed by atoms with E-state index in [2.05, 4.69) is 4.52 Å². The van der Waals surface area contributed by atoms with Gasteiger partial charge in [0.05, 0.1) is 6.61 Å². The highest BCUT2D eigenvalue weighted by Gasteiger charge is 2.19. The molecule has 0 rings (SSSR count). The van der Waals surface area contributed by atoms with E-state index in [4.69, 9.17) is 9.79 Å². The molecule has 2 N–H and O–H groups in total. The van der Waals surface area contributed by atoms with Gasteiger partial charge in [0.2, 0.25) is 0 Å². The topological polar surface area (TPSA) is 66.8 Å². The van der Waals surface area contributed by atoms with Gasteiger partial charge >= 0.3 is 7.82 Å². The van der Waals surface area contributed by atoms with E-state index in [-0.39, 0.29) is 12.0 Å². The van der Waals surface area contributed by atoms with Crippen molar-refractivity contribution in [1.29, 1.82) is 0 Å². The van der Waals surface area contributed by atoms with Crippen molar-refractivity contribution in [2.24, 2.45) is 5.41 Å². The third-order valence-corrected chi connectivity index (χ3v) is 1.13. The first-order valence-corrected chi connectivity index (χ1v) is 4.44. The lowest BCUT2D eigenvalue weighted by Crippen LogP contribution is -2.13. The fourth-order valence-corrected chi connectivity index (χ4v) is 0.833. The molecule has 0 heterocycles. The van der Waals surface area contributed by atoms with E-state index >= 15 is 0 Å². The zero-order valence-electron chi connectivity index (χ0n) is 6.37. The number of hydrogen-bond donors (Lipinski definition) is 2. The number of hydrogen-bond acceptors (Lipinski definition) is 2. The summed E-state index contributed by atoms with van der Waals surface area (Å²) in [7, 11) is -4.26. The lowest BCUT2D eigenvalue weighted by atomic mass is 9.99. The Balaban J connectivity index is 3.67. The first kappa shape index (κ1) is 10.1. The van der Waals surface area contributed by atoms with Gasteiger partial charge in [-0.1, -0.05) is 20.8 Å². The van der Waals surface area contributed by atoms with Crippen LogP contribution in [0.4, 0.5) is 0 Å². The molecule has 0 aliphatic carbocycles. The SMILES string of the molecule is CC(C)(C)COP(=O)(O)O. The van der Waals surface area contributed by atoms with E-state index in [1.165, 1.54) is 0 Å². The molecular formula is C5H13O4P. The minimum Gasteiger partial charge on any atom is -0.303 e. The fraction of sp³-hybridized carbons (Fsp3) is 1.00. The van der Waals surface area contributed by atoms with Crippen molar-refractivity contribution in [3.63, 3.8) is 0 Å². The van der Waals surface area contributed by atoms with Crippen LogP contribution in [0.5, 0.6) is 0 Å². The van der Waals surface area contributed by atoms with Crippen LogP contribution in [-0.2, 0) is 9.09 Å². The highest BCUT2D eigenvalue weighted by molar-refractivity contribution is 7.46. The van der Waals surface area contributed by atoms with Crippen molar-refractivity contribution in [3.05, 3.63) is 0 Å². The first-order valence-electron chi connectivity index (χ1n) is 2.91. The molecule has 0 aromatic carbocycles. The molecule has 0 aliphatic heterocycles. The monoisotopic (exact) mass is 168 g/mol. The Morgan fingerprint density at radius 2 is 1.80 bits per heavy atom. The predicted octanol–water partition coefficient (Wildman–Crippen LogP) is 1.14. The Hall–Kier alpha value is 0.110. The summed E-state index contributed by atoms with van der Waals surface area (Å²) in [6.45, 7) is 5.57. The molecule has 0 aromatic heterocycles. The van der Waals surface area contributed by atoms with Crippen molar-refractivity contribution in [3.8, 4) is 0 Å². The van der Waals surface area contributed by atoms with E-state index in [0.29, 0.717) is 0 Å². The number of rotatable bonds is 2. The Bertz CT molecular complexity index is 142. The van der Waals surface area contributed by atoms with Crippen LogP contribution in [0.15, 0.2) is 0 Å². The van der Waals surface area contributed by atoms with Crippen LogP contribution in [0.3, 0.4) is 0 Å². The van der Waals surface area contributed by atoms with Gasteiger partial charge in [-0.2, -0.15) is 0 Å². The van der Waals surface area contributed by atoms with Crippen LogP contribution in [0, 0.1) is 5.41 Å². The number of phosphoric ester groups is 1. The third kappa shape index (κ3) is 8.11. The summed E-state index contributed by atoms with van der Waals surface area (Å²) in [5, 5.41) is 0. The summed E-state index contributed by atoms with van der Waals surface area (Å²) in [4.78, 5) is 16.5. The third-order valence-electron chi connectivity index (χ3n) is 0.666. The second kappa shape index (κ2) is 3.01. The van der Waals surface area contributed by atoms with Crippen LogP contribution in [0.2, 0.25) is 0 Å². The normalized spacial score (nSPS) is 13.7. The van der Waals surface area contributed by atoms with Crippen molar-refractivity contribution >= 4 is 7.82 Å². The van der Waals surface area contributed by atoms with E-state index in [1.54, 1.807) is 0 Å². The molecule has 10 heavy (non-hydrogen) atoms. The average Bonchev–Trinajstić information content (AvgIpc) is 1.57. The molecule has 0 amide bonds. The van der Waals surface area contributed by atoms with Crippen LogP contribution in [0.1, 0.15) is 20.8 Å². The van der Waals surface area contributed by atoms with Gasteiger partial charge in [0.15, 0.2) is 0 Å². The van der Waals surface area contributed by atoms with Gasteiger partial charge in [-0.25, -0.2) is 4.57 Å². The summed E-state index contributed by atoms with van der Waals surface area (Å²) >= 11 is 0. The van der Waals surface area contributed by atoms with E-state index in [0.717, 1.165) is 0 Å². The molecule has 0 saturated heterocycles. The Morgan fingerprint density at radius 1 is 1.40 bits per heavy atom. The smallest absolute Gasteiger partial charge is 0.303 e. The summed E-state index contributed by atoms with van der Waals surface area (Å²) < 4.78 is 14.4. The standard InChI is InChI=1S/C5H13O4P/c1-5(2,3)4-9-10(6,7)8/h4H2,1-3H3,(H2,6,7,8). The summed E-state index contributed by atoms with van der Waals surface area (Å²) in [5.41, 5.74) is -0.207. The van der Waals surface area contributed by atoms with Crippen molar-refractivity contribution in [2.75, 3.05) is 6.61 Å². The predicted molar refractivity (Wildman–Crippen MR) is 37.5 cm³/mol. The summed E-state index contributed by atoms with van der Waals surface area (Å²) in [5.74, 6) is 0. The van der Waals surface area contributed by atoms with E-state index in [1.807, 2.05) is 20.8 Å². The fourth-order valence-electron chi connectivity index (χ4n) is 0.278. The molecule has 0 fully saturated rings. The highest BCUT2D eigenvalue weighted by Crippen LogP contribution is 2.37. The lowest BCUT2D eigenvalue weighted by molar-refractivity contribution is 0.139. The maximum absolute atomic E-state index is 10.2. The van der Waals surface area contributed by atoms with Gasteiger partial charge in [0.1, 0.15) is 0 Å². The molecule has 0 unspecified atom stereocenters. The second-order valence-electron chi connectivity index (χ2n) is 3.32. The molecular weight excluding hydrogens is 155 g/mol. The number of phosphoric acid groups is 1. The molecule has 4 nitrogen and oxygen atoms in total. The minimum absolute atomic E-state index is 0.0667. The van der Waals surface area contributed by atoms with Gasteiger partial charge in [-0.15, -0.1) is 0 Å². The maximum atomic E-state index is 10.2. The molecule has 62 valence electrons. The molecule has 0 saturated carbocycles. The Kier molecular flexibility index (Phi) is 3.04. The molecule has 5 heteroatoms. The van der Waals surface area contributed by atoms with Crippen molar-refractivity contribution in [1.82, 2.24) is 0 Å². The Morgan fingerprint density at radius 3 is 1.90 bits per heavy atom. The van der Waals surface area contributed by atoms with Gasteiger partial charge in [0.25, 0.3) is 0 Å². The van der Waals surface area contributed by atoms with Crippen molar-refractivity contribution in [2.45, 2.75) is 20.8 Å². The van der Waals surface area contributed by atoms with Crippen LogP contribution in [0.25, 0.3) is 0 Å². The van der Waals surface area contributed by atoms with Gasteiger partial charge in [-0.05, 0) is 5.41 Å². The molecule has 0 radical (unpaired) electrons. The summed E-state index contributed by atoms with van der Waals surface area (Å²) in [6, 6.07) is 0. The van der Waals surface area contributed by atoms with Crippen LogP contribution < -0.4 is 0 Å². The molecule has 0 aromatic rings. The first-order chi connectivity index (χ1) is 4.21. The maximum Gasteiger partial charge on any atom is 0.469 e. The molecule has 0 bridgehead atoms. The molecule has 0 spiro atoms. The zero-order chi connectivity index (χ0) is 8.41. The lowest BCUT2D eigenvalue weighted by Gasteiger charge is -2.17. The quantitative estimate of drug-likeness (QED) is 0.607. The van der Waals surface area contributed by atoms with E-state index < -0.39 is 7.82 Å². The van der Waals surface area contributed by atoms with Crippen molar-refractivity contribution < 1.29 is 18.9 Å². The van der Waals surface area contributed by atoms with Gasteiger partial charge < -0.3 is 9.79 Å². The molecule has 0 aliphatic rings. The highest BCUT2D eigenvalue weighted by atomic mass is 31.2. The molecule has 0 atom stereocenters. The zero-order valence-corrected chi connectivity index (χ0v) is 7.26. The van der Waals surface area contributed by atoms with Gasteiger partial charge in [0, 0.05) is 0 Å². The largest absolute Gasteiger partial charge is 0.469 e. The average molecular weight is 168 g/mol.